The molecule has 0 fully saturated rings. The van der Waals surface area contributed by atoms with E-state index in [1.165, 1.54) is 27.2 Å². The molecule has 1 unspecified atom stereocenters. The Balaban J connectivity index is 1.96. The van der Waals surface area contributed by atoms with E-state index in [0.717, 1.165) is 19.2 Å². The van der Waals surface area contributed by atoms with Gasteiger partial charge in [-0.25, -0.2) is 18.5 Å². The number of ether oxygens (including phenoxy) is 4. The van der Waals surface area contributed by atoms with Gasteiger partial charge in [0.25, 0.3) is 5.56 Å². The van der Waals surface area contributed by atoms with Crippen LogP contribution in [0.25, 0.3) is 5.69 Å². The maximum Gasteiger partial charge on any atom is 0.431 e. The fourth-order valence-electron chi connectivity index (χ4n) is 3.39. The van der Waals surface area contributed by atoms with Gasteiger partial charge in [0, 0.05) is 19.2 Å². The minimum absolute atomic E-state index is 0.168. The first kappa shape index (κ1) is 28.6. The van der Waals surface area contributed by atoms with Crippen LogP contribution >= 0.6 is 11.6 Å². The number of methoxy groups -OCH3 is 2. The number of hydrogen-bond acceptors (Lipinski definition) is 7. The second-order valence-electron chi connectivity index (χ2n) is 7.83. The van der Waals surface area contributed by atoms with E-state index in [2.05, 4.69) is 4.74 Å². The summed E-state index contributed by atoms with van der Waals surface area (Å²) in [5, 5.41) is -0.229. The Hall–Kier alpha value is -4.00. The first-order chi connectivity index (χ1) is 17.8. The normalized spacial score (nSPS) is 12.1. The number of alkyl halides is 3. The van der Waals surface area contributed by atoms with Crippen LogP contribution in [0.5, 0.6) is 17.2 Å². The first-order valence-electron chi connectivity index (χ1n) is 10.7. The summed E-state index contributed by atoms with van der Waals surface area (Å²) in [5.41, 5.74) is -4.48. The smallest absolute Gasteiger partial charge is 0.431 e. The van der Waals surface area contributed by atoms with Crippen molar-refractivity contribution in [3.8, 4) is 22.9 Å². The zero-order chi connectivity index (χ0) is 28.4. The standard InChI is InChI=1S/C24H21ClF4N2O7/c1-12(22(33)36-4)38-19-7-13(5-6-17(19)35-3)11-37-18-9-16(15(26)8-14(18)25)31-21(32)10-20(24(27,28)29)30(2)23(31)34/h5-10,12H,11H2,1-4H3. The zero-order valence-corrected chi connectivity index (χ0v) is 21.1. The van der Waals surface area contributed by atoms with E-state index in [9.17, 15) is 31.9 Å². The van der Waals surface area contributed by atoms with Crippen molar-refractivity contribution in [3.05, 3.63) is 79.3 Å². The molecule has 2 aromatic carbocycles. The molecule has 0 spiro atoms. The summed E-state index contributed by atoms with van der Waals surface area (Å²) >= 11 is 6.07. The molecule has 0 aliphatic carbocycles. The Morgan fingerprint density at radius 2 is 1.74 bits per heavy atom. The number of carbonyl (C=O) groups is 1. The van der Waals surface area contributed by atoms with Crippen LogP contribution in [0.2, 0.25) is 5.02 Å². The molecule has 0 saturated carbocycles. The third kappa shape index (κ3) is 5.93. The molecular formula is C24H21ClF4N2O7. The minimum atomic E-state index is -4.98. The number of carbonyl (C=O) groups excluding carboxylic acids is 1. The van der Waals surface area contributed by atoms with Crippen molar-refractivity contribution in [2.45, 2.75) is 25.8 Å². The average Bonchev–Trinajstić information content (AvgIpc) is 2.85. The third-order valence-electron chi connectivity index (χ3n) is 5.31. The summed E-state index contributed by atoms with van der Waals surface area (Å²) in [5.74, 6) is -1.43. The van der Waals surface area contributed by atoms with Crippen LogP contribution in [0.4, 0.5) is 17.6 Å². The van der Waals surface area contributed by atoms with E-state index in [0.29, 0.717) is 11.3 Å². The number of nitrogens with zero attached hydrogens (tertiary/aromatic N) is 2. The summed E-state index contributed by atoms with van der Waals surface area (Å²) in [6.45, 7) is 1.29. The molecule has 0 aliphatic heterocycles. The van der Waals surface area contributed by atoms with Crippen molar-refractivity contribution in [1.29, 1.82) is 0 Å². The molecule has 1 atom stereocenters. The fraction of sp³-hybridized carbons (Fsp3) is 0.292. The quantitative estimate of drug-likeness (QED) is 0.305. The lowest BCUT2D eigenvalue weighted by atomic mass is 10.2. The molecule has 0 amide bonds. The fourth-order valence-corrected chi connectivity index (χ4v) is 3.59. The van der Waals surface area contributed by atoms with E-state index >= 15 is 0 Å². The maximum atomic E-state index is 14.7. The molecule has 0 aliphatic rings. The number of aromatic nitrogens is 2. The molecule has 3 rings (SSSR count). The van der Waals surface area contributed by atoms with E-state index in [1.54, 1.807) is 12.1 Å². The van der Waals surface area contributed by atoms with Gasteiger partial charge in [-0.1, -0.05) is 17.7 Å². The van der Waals surface area contributed by atoms with Crippen LogP contribution < -0.4 is 25.5 Å². The number of halogens is 5. The number of benzene rings is 2. The van der Waals surface area contributed by atoms with Gasteiger partial charge >= 0.3 is 17.8 Å². The van der Waals surface area contributed by atoms with Crippen LogP contribution in [0.15, 0.2) is 46.0 Å². The Morgan fingerprint density at radius 1 is 1.05 bits per heavy atom. The molecule has 0 bridgehead atoms. The second-order valence-corrected chi connectivity index (χ2v) is 8.24. The summed E-state index contributed by atoms with van der Waals surface area (Å²) in [6.07, 6.45) is -5.93. The van der Waals surface area contributed by atoms with Crippen molar-refractivity contribution in [1.82, 2.24) is 9.13 Å². The van der Waals surface area contributed by atoms with E-state index < -0.39 is 46.7 Å². The van der Waals surface area contributed by atoms with Crippen LogP contribution in [-0.4, -0.2) is 35.4 Å². The minimum Gasteiger partial charge on any atom is -0.493 e. The van der Waals surface area contributed by atoms with E-state index in [1.807, 2.05) is 0 Å². The van der Waals surface area contributed by atoms with Gasteiger partial charge in [0.15, 0.2) is 17.6 Å². The van der Waals surface area contributed by atoms with Crippen molar-refractivity contribution in [2.75, 3.05) is 14.2 Å². The van der Waals surface area contributed by atoms with Crippen molar-refractivity contribution in [3.63, 3.8) is 0 Å². The van der Waals surface area contributed by atoms with Crippen LogP contribution in [-0.2, 0) is 29.4 Å². The summed E-state index contributed by atoms with van der Waals surface area (Å²) in [6, 6.07) is 6.52. The van der Waals surface area contributed by atoms with Crippen LogP contribution in [0.3, 0.4) is 0 Å². The molecule has 0 saturated heterocycles. The highest BCUT2D eigenvalue weighted by atomic mass is 35.5. The van der Waals surface area contributed by atoms with Crippen molar-refractivity contribution in [2.24, 2.45) is 7.05 Å². The molecule has 204 valence electrons. The lowest BCUT2D eigenvalue weighted by Gasteiger charge is -2.17. The largest absolute Gasteiger partial charge is 0.493 e. The topological polar surface area (TPSA) is 98.0 Å². The molecule has 3 aromatic rings. The molecular weight excluding hydrogens is 540 g/mol. The highest BCUT2D eigenvalue weighted by Crippen LogP contribution is 2.33. The third-order valence-corrected chi connectivity index (χ3v) is 5.61. The monoisotopic (exact) mass is 560 g/mol. The van der Waals surface area contributed by atoms with Crippen LogP contribution in [0, 0.1) is 5.82 Å². The molecule has 1 aromatic heterocycles. The number of hydrogen-bond donors (Lipinski definition) is 0. The Kier molecular flexibility index (Phi) is 8.40. The van der Waals surface area contributed by atoms with Gasteiger partial charge in [0.05, 0.1) is 24.9 Å². The predicted molar refractivity (Wildman–Crippen MR) is 127 cm³/mol. The Bertz CT molecular complexity index is 1480. The highest BCUT2D eigenvalue weighted by molar-refractivity contribution is 6.32. The average molecular weight is 561 g/mol. The molecule has 14 heteroatoms. The van der Waals surface area contributed by atoms with Gasteiger partial charge < -0.3 is 18.9 Å². The number of rotatable bonds is 8. The molecule has 0 radical (unpaired) electrons. The summed E-state index contributed by atoms with van der Waals surface area (Å²) < 4.78 is 75.7. The SMILES string of the molecule is COC(=O)C(C)Oc1cc(COc2cc(-n3c(=O)cc(C(F)(F)F)n(C)c3=O)c(F)cc2Cl)ccc1OC. The van der Waals surface area contributed by atoms with E-state index in [4.69, 9.17) is 25.8 Å². The van der Waals surface area contributed by atoms with Gasteiger partial charge in [0.2, 0.25) is 0 Å². The second kappa shape index (κ2) is 11.2. The van der Waals surface area contributed by atoms with Gasteiger partial charge in [-0.2, -0.15) is 13.2 Å². The lowest BCUT2D eigenvalue weighted by Crippen LogP contribution is -2.41. The van der Waals surface area contributed by atoms with Gasteiger partial charge in [0.1, 0.15) is 23.9 Å². The van der Waals surface area contributed by atoms with Gasteiger partial charge in [-0.05, 0) is 30.7 Å². The summed E-state index contributed by atoms with van der Waals surface area (Å²) in [4.78, 5) is 36.7. The molecule has 38 heavy (non-hydrogen) atoms. The zero-order valence-electron chi connectivity index (χ0n) is 20.4. The maximum absolute atomic E-state index is 14.7. The number of esters is 1. The molecule has 1 heterocycles. The Morgan fingerprint density at radius 3 is 2.34 bits per heavy atom. The lowest BCUT2D eigenvalue weighted by molar-refractivity contribution is -0.148. The molecule has 0 N–H and O–H groups in total. The van der Waals surface area contributed by atoms with Crippen molar-refractivity contribution < 1.29 is 41.3 Å². The van der Waals surface area contributed by atoms with Gasteiger partial charge in [-0.15, -0.1) is 0 Å². The summed E-state index contributed by atoms with van der Waals surface area (Å²) in [7, 11) is 3.41. The van der Waals surface area contributed by atoms with Gasteiger partial charge in [-0.3, -0.25) is 9.36 Å². The van der Waals surface area contributed by atoms with Crippen molar-refractivity contribution >= 4 is 17.6 Å². The van der Waals surface area contributed by atoms with E-state index in [-0.39, 0.29) is 38.3 Å². The molecule has 9 nitrogen and oxygen atoms in total. The Labute approximate surface area is 217 Å². The van der Waals surface area contributed by atoms with Crippen LogP contribution in [0.1, 0.15) is 18.2 Å². The predicted octanol–water partition coefficient (Wildman–Crippen LogP) is 3.88. The highest BCUT2D eigenvalue weighted by Gasteiger charge is 2.35. The first-order valence-corrected chi connectivity index (χ1v) is 11.1.